The van der Waals surface area contributed by atoms with Gasteiger partial charge in [-0.15, -0.1) is 0 Å². The molecule has 0 radical (unpaired) electrons. The third kappa shape index (κ3) is 4.45. The number of aryl methyl sites for hydroxylation is 1. The van der Waals surface area contributed by atoms with Crippen LogP contribution in [0.2, 0.25) is 0 Å². The standard InChI is InChI=1S/C22H25NO3/c1-25-20-14-17(15-21(16-20)26-2)8-9-22(24)23-12-10-19(11-13-23)18-6-4-3-5-7-18/h3-7,10,14-16H,8-9,11-13H2,1-2H3. The van der Waals surface area contributed by atoms with Crippen LogP contribution in [0.25, 0.3) is 5.57 Å². The van der Waals surface area contributed by atoms with E-state index in [9.17, 15) is 4.79 Å². The summed E-state index contributed by atoms with van der Waals surface area (Å²) in [6.07, 6.45) is 4.25. The molecule has 0 aromatic heterocycles. The number of carbonyl (C=O) groups excluding carboxylic acids is 1. The Morgan fingerprint density at radius 1 is 1.04 bits per heavy atom. The fourth-order valence-corrected chi connectivity index (χ4v) is 3.23. The lowest BCUT2D eigenvalue weighted by atomic mass is 9.99. The molecule has 0 spiro atoms. The Morgan fingerprint density at radius 2 is 1.73 bits per heavy atom. The Hall–Kier alpha value is -2.75. The van der Waals surface area contributed by atoms with Gasteiger partial charge in [-0.1, -0.05) is 36.4 Å². The summed E-state index contributed by atoms with van der Waals surface area (Å²) in [7, 11) is 3.27. The van der Waals surface area contributed by atoms with Gasteiger partial charge >= 0.3 is 0 Å². The molecule has 1 aliphatic rings. The van der Waals surface area contributed by atoms with Gasteiger partial charge in [0.15, 0.2) is 0 Å². The van der Waals surface area contributed by atoms with Gasteiger partial charge in [0.1, 0.15) is 11.5 Å². The summed E-state index contributed by atoms with van der Waals surface area (Å²) < 4.78 is 10.6. The van der Waals surface area contributed by atoms with Gasteiger partial charge in [-0.2, -0.15) is 0 Å². The molecule has 0 N–H and O–H groups in total. The van der Waals surface area contributed by atoms with E-state index >= 15 is 0 Å². The van der Waals surface area contributed by atoms with Gasteiger partial charge in [-0.05, 0) is 41.7 Å². The SMILES string of the molecule is COc1cc(CCC(=O)N2CC=C(c3ccccc3)CC2)cc(OC)c1. The highest BCUT2D eigenvalue weighted by Gasteiger charge is 2.18. The molecule has 0 atom stereocenters. The van der Waals surface area contributed by atoms with E-state index in [-0.39, 0.29) is 5.91 Å². The Kier molecular flexibility index (Phi) is 5.95. The number of hydrogen-bond donors (Lipinski definition) is 0. The van der Waals surface area contributed by atoms with Gasteiger partial charge in [0.2, 0.25) is 5.91 Å². The van der Waals surface area contributed by atoms with Crippen molar-refractivity contribution in [1.29, 1.82) is 0 Å². The minimum Gasteiger partial charge on any atom is -0.497 e. The summed E-state index contributed by atoms with van der Waals surface area (Å²) in [6, 6.07) is 16.1. The van der Waals surface area contributed by atoms with Crippen LogP contribution in [0.5, 0.6) is 11.5 Å². The fraction of sp³-hybridized carbons (Fsp3) is 0.318. The van der Waals surface area contributed by atoms with Crippen molar-refractivity contribution in [2.75, 3.05) is 27.3 Å². The summed E-state index contributed by atoms with van der Waals surface area (Å²) in [4.78, 5) is 14.5. The topological polar surface area (TPSA) is 38.8 Å². The van der Waals surface area contributed by atoms with E-state index in [4.69, 9.17) is 9.47 Å². The first kappa shape index (κ1) is 18.1. The van der Waals surface area contributed by atoms with Crippen molar-refractivity contribution in [2.45, 2.75) is 19.3 Å². The van der Waals surface area contributed by atoms with Crippen LogP contribution < -0.4 is 9.47 Å². The maximum atomic E-state index is 12.6. The zero-order valence-electron chi connectivity index (χ0n) is 15.4. The average molecular weight is 351 g/mol. The molecule has 0 bridgehead atoms. The second kappa shape index (κ2) is 8.56. The van der Waals surface area contributed by atoms with E-state index in [0.717, 1.165) is 30.0 Å². The lowest BCUT2D eigenvalue weighted by molar-refractivity contribution is -0.130. The molecule has 0 unspecified atom stereocenters. The molecule has 0 saturated heterocycles. The minimum absolute atomic E-state index is 0.190. The molecule has 26 heavy (non-hydrogen) atoms. The molecule has 2 aromatic carbocycles. The number of carbonyl (C=O) groups is 1. The summed E-state index contributed by atoms with van der Waals surface area (Å²) in [5.74, 6) is 1.69. The normalized spacial score (nSPS) is 13.9. The van der Waals surface area contributed by atoms with E-state index in [2.05, 4.69) is 30.3 Å². The maximum Gasteiger partial charge on any atom is 0.223 e. The number of nitrogens with zero attached hydrogens (tertiary/aromatic N) is 1. The third-order valence-electron chi connectivity index (χ3n) is 4.75. The second-order valence-electron chi connectivity index (χ2n) is 6.41. The monoisotopic (exact) mass is 351 g/mol. The highest BCUT2D eigenvalue weighted by atomic mass is 16.5. The van der Waals surface area contributed by atoms with E-state index < -0.39 is 0 Å². The predicted molar refractivity (Wildman–Crippen MR) is 103 cm³/mol. The summed E-state index contributed by atoms with van der Waals surface area (Å²) in [5, 5.41) is 0. The first-order valence-electron chi connectivity index (χ1n) is 8.94. The molecular weight excluding hydrogens is 326 g/mol. The van der Waals surface area contributed by atoms with Gasteiger partial charge in [0, 0.05) is 25.6 Å². The first-order valence-corrected chi connectivity index (χ1v) is 8.94. The van der Waals surface area contributed by atoms with Crippen molar-refractivity contribution < 1.29 is 14.3 Å². The largest absolute Gasteiger partial charge is 0.497 e. The van der Waals surface area contributed by atoms with E-state index in [1.807, 2.05) is 29.2 Å². The maximum absolute atomic E-state index is 12.6. The first-order chi connectivity index (χ1) is 12.7. The highest BCUT2D eigenvalue weighted by Crippen LogP contribution is 2.25. The zero-order valence-corrected chi connectivity index (χ0v) is 15.4. The van der Waals surface area contributed by atoms with Crippen LogP contribution in [0, 0.1) is 0 Å². The number of methoxy groups -OCH3 is 2. The van der Waals surface area contributed by atoms with Crippen molar-refractivity contribution in [3.8, 4) is 11.5 Å². The third-order valence-corrected chi connectivity index (χ3v) is 4.75. The summed E-state index contributed by atoms with van der Waals surface area (Å²) >= 11 is 0. The summed E-state index contributed by atoms with van der Waals surface area (Å²) in [5.41, 5.74) is 3.63. The lowest BCUT2D eigenvalue weighted by Gasteiger charge is -2.27. The van der Waals surface area contributed by atoms with E-state index in [0.29, 0.717) is 19.4 Å². The molecule has 0 fully saturated rings. The molecule has 136 valence electrons. The molecule has 3 rings (SSSR count). The molecule has 1 amide bonds. The molecule has 4 nitrogen and oxygen atoms in total. The average Bonchev–Trinajstić information content (AvgIpc) is 2.72. The lowest BCUT2D eigenvalue weighted by Crippen LogP contribution is -2.34. The molecule has 1 heterocycles. The van der Waals surface area contributed by atoms with Crippen molar-refractivity contribution in [3.63, 3.8) is 0 Å². The van der Waals surface area contributed by atoms with Crippen LogP contribution in [0.3, 0.4) is 0 Å². The van der Waals surface area contributed by atoms with Crippen molar-refractivity contribution in [1.82, 2.24) is 4.90 Å². The Bertz CT molecular complexity index is 761. The highest BCUT2D eigenvalue weighted by molar-refractivity contribution is 5.78. The molecule has 4 heteroatoms. The number of benzene rings is 2. The van der Waals surface area contributed by atoms with Gasteiger partial charge in [-0.25, -0.2) is 0 Å². The van der Waals surface area contributed by atoms with Crippen molar-refractivity contribution in [3.05, 3.63) is 65.7 Å². The molecular formula is C22H25NO3. The van der Waals surface area contributed by atoms with Crippen LogP contribution in [-0.4, -0.2) is 38.1 Å². The van der Waals surface area contributed by atoms with Crippen LogP contribution in [0.1, 0.15) is 24.0 Å². The zero-order chi connectivity index (χ0) is 18.4. The van der Waals surface area contributed by atoms with Gasteiger partial charge in [0.25, 0.3) is 0 Å². The van der Waals surface area contributed by atoms with Crippen molar-refractivity contribution in [2.24, 2.45) is 0 Å². The Labute approximate surface area is 155 Å². The van der Waals surface area contributed by atoms with Crippen LogP contribution in [-0.2, 0) is 11.2 Å². The summed E-state index contributed by atoms with van der Waals surface area (Å²) in [6.45, 7) is 1.46. The fourth-order valence-electron chi connectivity index (χ4n) is 3.23. The van der Waals surface area contributed by atoms with Crippen LogP contribution in [0.15, 0.2) is 54.6 Å². The number of ether oxygens (including phenoxy) is 2. The Morgan fingerprint density at radius 3 is 2.31 bits per heavy atom. The van der Waals surface area contributed by atoms with Gasteiger partial charge in [0.05, 0.1) is 14.2 Å². The molecule has 2 aromatic rings. The number of amides is 1. The quantitative estimate of drug-likeness (QED) is 0.791. The van der Waals surface area contributed by atoms with Gasteiger partial charge < -0.3 is 14.4 Å². The minimum atomic E-state index is 0.190. The number of hydrogen-bond acceptors (Lipinski definition) is 3. The second-order valence-corrected chi connectivity index (χ2v) is 6.41. The molecule has 1 aliphatic heterocycles. The number of rotatable bonds is 6. The van der Waals surface area contributed by atoms with E-state index in [1.54, 1.807) is 14.2 Å². The van der Waals surface area contributed by atoms with E-state index in [1.165, 1.54) is 11.1 Å². The smallest absolute Gasteiger partial charge is 0.223 e. The predicted octanol–water partition coefficient (Wildman–Crippen LogP) is 3.95. The van der Waals surface area contributed by atoms with Crippen molar-refractivity contribution >= 4 is 11.5 Å². The Balaban J connectivity index is 1.57. The van der Waals surface area contributed by atoms with Gasteiger partial charge in [-0.3, -0.25) is 4.79 Å². The van der Waals surface area contributed by atoms with Crippen LogP contribution >= 0.6 is 0 Å². The van der Waals surface area contributed by atoms with Crippen LogP contribution in [0.4, 0.5) is 0 Å². The molecule has 0 aliphatic carbocycles. The molecule has 0 saturated carbocycles.